The zero-order valence-electron chi connectivity index (χ0n) is 19.1. The lowest BCUT2D eigenvalue weighted by Gasteiger charge is -2.35. The first-order chi connectivity index (χ1) is 16.9. The quantitative estimate of drug-likeness (QED) is 0.525. The van der Waals surface area contributed by atoms with Gasteiger partial charge in [0.1, 0.15) is 5.39 Å². The van der Waals surface area contributed by atoms with E-state index in [2.05, 4.69) is 16.4 Å². The van der Waals surface area contributed by atoms with Gasteiger partial charge in [0.15, 0.2) is 5.82 Å². The van der Waals surface area contributed by atoms with Crippen molar-refractivity contribution in [2.45, 2.75) is 29.7 Å². The maximum absolute atomic E-state index is 12.9. The van der Waals surface area contributed by atoms with Gasteiger partial charge in [0, 0.05) is 31.6 Å². The van der Waals surface area contributed by atoms with Crippen molar-refractivity contribution in [2.24, 2.45) is 0 Å². The van der Waals surface area contributed by atoms with Crippen LogP contribution < -0.4 is 10.9 Å². The van der Waals surface area contributed by atoms with Crippen molar-refractivity contribution in [3.63, 3.8) is 0 Å². The molecular weight excluding hydrogens is 472 g/mol. The van der Waals surface area contributed by atoms with Gasteiger partial charge in [-0.2, -0.15) is 14.7 Å². The summed E-state index contributed by atoms with van der Waals surface area (Å²) in [6.45, 7) is 2.35. The zero-order valence-corrected chi connectivity index (χ0v) is 19.9. The molecule has 2 N–H and O–H groups in total. The molecule has 2 fully saturated rings. The van der Waals surface area contributed by atoms with E-state index < -0.39 is 15.6 Å². The number of nitrogens with zero attached hydrogens (tertiary/aromatic N) is 4. The Balaban J connectivity index is 1.49. The van der Waals surface area contributed by atoms with Crippen LogP contribution in [0.15, 0.2) is 46.2 Å². The summed E-state index contributed by atoms with van der Waals surface area (Å²) in [7, 11) is -3.61. The SMILES string of the molecule is N#CCC1(n2nc(Nc3ccc(S(=O)(=O)N4CCOCC4)cc3)c3c(=O)[nH]ccc32)CCCOC1. The maximum atomic E-state index is 12.9. The van der Waals surface area contributed by atoms with Gasteiger partial charge in [-0.05, 0) is 43.2 Å². The van der Waals surface area contributed by atoms with Gasteiger partial charge in [-0.1, -0.05) is 0 Å². The van der Waals surface area contributed by atoms with Crippen LogP contribution in [0.1, 0.15) is 19.3 Å². The normalized spacial score (nSPS) is 21.6. The van der Waals surface area contributed by atoms with Crippen LogP contribution in [0.4, 0.5) is 11.5 Å². The van der Waals surface area contributed by atoms with E-state index in [0.717, 1.165) is 6.42 Å². The highest BCUT2D eigenvalue weighted by atomic mass is 32.2. The molecule has 4 heterocycles. The molecule has 2 saturated heterocycles. The largest absolute Gasteiger partial charge is 0.379 e. The molecule has 2 aliphatic heterocycles. The molecule has 0 spiro atoms. The number of aromatic amines is 1. The van der Waals surface area contributed by atoms with E-state index in [1.165, 1.54) is 16.4 Å². The second kappa shape index (κ2) is 9.43. The lowest BCUT2D eigenvalue weighted by molar-refractivity contribution is -0.00174. The highest BCUT2D eigenvalue weighted by Gasteiger charge is 2.38. The molecule has 3 aromatic rings. The van der Waals surface area contributed by atoms with Gasteiger partial charge in [0.25, 0.3) is 5.56 Å². The third-order valence-electron chi connectivity index (χ3n) is 6.49. The standard InChI is InChI=1S/C23H26N6O5S/c24-9-8-23(7-1-13-34-16-23)29-19-6-10-25-22(30)20(19)21(27-29)26-17-2-4-18(5-3-17)35(31,32)28-11-14-33-15-12-28/h2-6,10H,1,7-8,11-16H2,(H,25,30)(H,26,27). The molecular formula is C23H26N6O5S. The van der Waals surface area contributed by atoms with Crippen molar-refractivity contribution in [2.75, 3.05) is 44.8 Å². The number of fused-ring (bicyclic) bond motifs is 1. The van der Waals surface area contributed by atoms with E-state index in [4.69, 9.17) is 14.6 Å². The van der Waals surface area contributed by atoms with Crippen LogP contribution in [0.3, 0.4) is 0 Å². The van der Waals surface area contributed by atoms with E-state index in [9.17, 15) is 18.5 Å². The van der Waals surface area contributed by atoms with E-state index in [-0.39, 0.29) is 16.9 Å². The van der Waals surface area contributed by atoms with E-state index in [0.29, 0.717) is 68.3 Å². The summed E-state index contributed by atoms with van der Waals surface area (Å²) in [5.41, 5.74) is 0.194. The first kappa shape index (κ1) is 23.5. The monoisotopic (exact) mass is 498 g/mol. The minimum atomic E-state index is -3.61. The fraction of sp³-hybridized carbons (Fsp3) is 0.435. The summed E-state index contributed by atoms with van der Waals surface area (Å²) >= 11 is 0. The summed E-state index contributed by atoms with van der Waals surface area (Å²) in [5, 5.41) is 17.8. The number of hydrogen-bond acceptors (Lipinski definition) is 8. The number of morpholine rings is 1. The van der Waals surface area contributed by atoms with E-state index in [1.54, 1.807) is 29.1 Å². The molecule has 184 valence electrons. The molecule has 0 amide bonds. The fourth-order valence-corrected chi connectivity index (χ4v) is 6.08. The summed E-state index contributed by atoms with van der Waals surface area (Å²) in [6, 6.07) is 10.4. The zero-order chi connectivity index (χ0) is 24.5. The number of pyridine rings is 1. The highest BCUT2D eigenvalue weighted by Crippen LogP contribution is 2.35. The van der Waals surface area contributed by atoms with Crippen molar-refractivity contribution in [3.05, 3.63) is 46.9 Å². The van der Waals surface area contributed by atoms with Gasteiger partial charge in [-0.25, -0.2) is 8.42 Å². The molecule has 35 heavy (non-hydrogen) atoms. The second-order valence-electron chi connectivity index (χ2n) is 8.71. The van der Waals surface area contributed by atoms with E-state index >= 15 is 0 Å². The van der Waals surface area contributed by atoms with Crippen molar-refractivity contribution < 1.29 is 17.9 Å². The van der Waals surface area contributed by atoms with Crippen LogP contribution >= 0.6 is 0 Å². The van der Waals surface area contributed by atoms with Crippen LogP contribution in [0, 0.1) is 11.3 Å². The number of H-pyrrole nitrogens is 1. The van der Waals surface area contributed by atoms with Gasteiger partial charge >= 0.3 is 0 Å². The Morgan fingerprint density at radius 3 is 2.60 bits per heavy atom. The lowest BCUT2D eigenvalue weighted by atomic mass is 9.89. The first-order valence-corrected chi connectivity index (χ1v) is 12.9. The van der Waals surface area contributed by atoms with Crippen molar-refractivity contribution in [3.8, 4) is 6.07 Å². The summed E-state index contributed by atoms with van der Waals surface area (Å²) < 4.78 is 39.9. The Bertz CT molecular complexity index is 1410. The summed E-state index contributed by atoms with van der Waals surface area (Å²) in [5.74, 6) is 0.327. The Kier molecular flexibility index (Phi) is 6.33. The van der Waals surface area contributed by atoms with Crippen LogP contribution in [-0.2, 0) is 25.0 Å². The Labute approximate surface area is 202 Å². The Morgan fingerprint density at radius 2 is 1.91 bits per heavy atom. The number of ether oxygens (including phenoxy) is 2. The average Bonchev–Trinajstić information content (AvgIpc) is 3.26. The van der Waals surface area contributed by atoms with Crippen LogP contribution in [-0.4, -0.2) is 67.0 Å². The topological polar surface area (TPSA) is 142 Å². The third-order valence-corrected chi connectivity index (χ3v) is 8.40. The number of hydrogen-bond donors (Lipinski definition) is 2. The number of sulfonamides is 1. The second-order valence-corrected chi connectivity index (χ2v) is 10.6. The van der Waals surface area contributed by atoms with Crippen LogP contribution in [0.5, 0.6) is 0 Å². The molecule has 5 rings (SSSR count). The first-order valence-electron chi connectivity index (χ1n) is 11.5. The van der Waals surface area contributed by atoms with Crippen molar-refractivity contribution in [1.82, 2.24) is 19.1 Å². The Hall–Kier alpha value is -3.24. The molecule has 1 atom stereocenters. The molecule has 1 aromatic carbocycles. The molecule has 12 heteroatoms. The predicted octanol–water partition coefficient (Wildman–Crippen LogP) is 1.91. The van der Waals surface area contributed by atoms with Crippen molar-refractivity contribution >= 4 is 32.4 Å². The van der Waals surface area contributed by atoms with Gasteiger partial charge in [0.2, 0.25) is 10.0 Å². The Morgan fingerprint density at radius 1 is 1.14 bits per heavy atom. The van der Waals surface area contributed by atoms with Gasteiger partial charge in [-0.3, -0.25) is 9.48 Å². The molecule has 0 saturated carbocycles. The molecule has 11 nitrogen and oxygen atoms in total. The molecule has 0 bridgehead atoms. The minimum Gasteiger partial charge on any atom is -0.379 e. The average molecular weight is 499 g/mol. The fourth-order valence-electron chi connectivity index (χ4n) is 4.68. The number of nitrogens with one attached hydrogen (secondary N) is 2. The number of anilines is 2. The van der Waals surface area contributed by atoms with Gasteiger partial charge in [0.05, 0.1) is 48.3 Å². The van der Waals surface area contributed by atoms with Gasteiger partial charge < -0.3 is 19.8 Å². The minimum absolute atomic E-state index is 0.186. The molecule has 2 aromatic heterocycles. The molecule has 2 aliphatic rings. The third kappa shape index (κ3) is 4.32. The predicted molar refractivity (Wildman–Crippen MR) is 128 cm³/mol. The lowest BCUT2D eigenvalue weighted by Crippen LogP contribution is -2.42. The number of benzene rings is 1. The number of rotatable bonds is 6. The molecule has 1 unspecified atom stereocenters. The highest BCUT2D eigenvalue weighted by molar-refractivity contribution is 7.89. The van der Waals surface area contributed by atoms with Crippen LogP contribution in [0.2, 0.25) is 0 Å². The van der Waals surface area contributed by atoms with Crippen LogP contribution in [0.25, 0.3) is 10.9 Å². The summed E-state index contributed by atoms with van der Waals surface area (Å²) in [4.78, 5) is 15.6. The maximum Gasteiger partial charge on any atom is 0.261 e. The van der Waals surface area contributed by atoms with Gasteiger partial charge in [-0.15, -0.1) is 0 Å². The van der Waals surface area contributed by atoms with Crippen molar-refractivity contribution in [1.29, 1.82) is 5.26 Å². The number of aromatic nitrogens is 3. The smallest absolute Gasteiger partial charge is 0.261 e. The molecule has 0 aliphatic carbocycles. The summed E-state index contributed by atoms with van der Waals surface area (Å²) in [6.07, 6.45) is 3.25. The number of nitriles is 1. The van der Waals surface area contributed by atoms with E-state index in [1.807, 2.05) is 0 Å². The molecule has 0 radical (unpaired) electrons.